The first-order valence-corrected chi connectivity index (χ1v) is 11.0. The van der Waals surface area contributed by atoms with Crippen molar-refractivity contribution < 1.29 is 4.79 Å². The molecule has 0 saturated heterocycles. The number of H-pyrrole nitrogens is 1. The zero-order chi connectivity index (χ0) is 21.3. The van der Waals surface area contributed by atoms with Crippen LogP contribution in [0.1, 0.15) is 48.5 Å². The van der Waals surface area contributed by atoms with Crippen molar-refractivity contribution in [1.29, 1.82) is 0 Å². The second kappa shape index (κ2) is 8.74. The number of fused-ring (bicyclic) bond motifs is 1. The van der Waals surface area contributed by atoms with Gasteiger partial charge < -0.3 is 10.3 Å². The number of carbonyl (C=O) groups is 1. The highest BCUT2D eigenvalue weighted by atomic mass is 35.5. The maximum absolute atomic E-state index is 13.0. The van der Waals surface area contributed by atoms with Gasteiger partial charge in [-0.3, -0.25) is 14.2 Å². The number of nitrogens with one attached hydrogen (secondary N) is 2. The van der Waals surface area contributed by atoms with Gasteiger partial charge in [-0.1, -0.05) is 43.5 Å². The number of hydrogen-bond acceptors (Lipinski definition) is 3. The number of halogens is 1. The van der Waals surface area contributed by atoms with Crippen LogP contribution in [0.25, 0.3) is 10.9 Å². The van der Waals surface area contributed by atoms with Gasteiger partial charge in [0, 0.05) is 16.6 Å². The van der Waals surface area contributed by atoms with Gasteiger partial charge in [0.25, 0.3) is 11.5 Å². The molecule has 1 aliphatic carbocycles. The van der Waals surface area contributed by atoms with E-state index in [2.05, 4.69) is 17.2 Å². The maximum atomic E-state index is 13.0. The largest absolute Gasteiger partial charge is 0.349 e. The highest BCUT2D eigenvalue weighted by Gasteiger charge is 2.23. The molecule has 1 amide bonds. The minimum Gasteiger partial charge on any atom is -0.349 e. The van der Waals surface area contributed by atoms with Crippen LogP contribution in [0.5, 0.6) is 0 Å². The topological polar surface area (TPSA) is 66.9 Å². The summed E-state index contributed by atoms with van der Waals surface area (Å²) in [6, 6.07) is 12.6. The lowest BCUT2D eigenvalue weighted by atomic mass is 9.86. The molecule has 1 heterocycles. The van der Waals surface area contributed by atoms with Crippen LogP contribution in [-0.2, 0) is 6.54 Å². The first kappa shape index (κ1) is 20.8. The third-order valence-corrected chi connectivity index (χ3v) is 6.50. The smallest absolute Gasteiger partial charge is 0.262 e. The van der Waals surface area contributed by atoms with E-state index in [9.17, 15) is 9.59 Å². The lowest BCUT2D eigenvalue weighted by Gasteiger charge is -2.29. The summed E-state index contributed by atoms with van der Waals surface area (Å²) >= 11 is 11.4. The molecule has 0 bridgehead atoms. The molecule has 4 rings (SSSR count). The Bertz CT molecular complexity index is 1200. The highest BCUT2D eigenvalue weighted by molar-refractivity contribution is 7.71. The van der Waals surface area contributed by atoms with Gasteiger partial charge >= 0.3 is 0 Å². The van der Waals surface area contributed by atoms with Crippen molar-refractivity contribution in [2.75, 3.05) is 0 Å². The Morgan fingerprint density at radius 2 is 1.93 bits per heavy atom. The molecule has 7 heteroatoms. The summed E-state index contributed by atoms with van der Waals surface area (Å²) in [7, 11) is 0. The number of amides is 1. The Morgan fingerprint density at radius 1 is 1.20 bits per heavy atom. The molecule has 0 spiro atoms. The van der Waals surface area contributed by atoms with E-state index in [1.807, 2.05) is 12.1 Å². The molecule has 5 nitrogen and oxygen atoms in total. The van der Waals surface area contributed by atoms with Crippen molar-refractivity contribution >= 4 is 40.6 Å². The molecule has 1 aliphatic rings. The first-order valence-electron chi connectivity index (χ1n) is 10.2. The summed E-state index contributed by atoms with van der Waals surface area (Å²) < 4.78 is 1.84. The van der Waals surface area contributed by atoms with E-state index in [0.29, 0.717) is 38.7 Å². The van der Waals surface area contributed by atoms with Crippen LogP contribution < -0.4 is 10.9 Å². The molecule has 0 unspecified atom stereocenters. The molecule has 1 aromatic heterocycles. The summed E-state index contributed by atoms with van der Waals surface area (Å²) in [6.07, 6.45) is 4.52. The molecule has 156 valence electrons. The van der Waals surface area contributed by atoms with E-state index in [1.165, 1.54) is 11.0 Å². The summed E-state index contributed by atoms with van der Waals surface area (Å²) in [6.45, 7) is 2.54. The van der Waals surface area contributed by atoms with Crippen molar-refractivity contribution in [3.63, 3.8) is 0 Å². The van der Waals surface area contributed by atoms with Crippen LogP contribution in [0.2, 0.25) is 5.02 Å². The fourth-order valence-corrected chi connectivity index (χ4v) is 4.48. The second-order valence-corrected chi connectivity index (χ2v) is 8.87. The lowest BCUT2D eigenvalue weighted by molar-refractivity contribution is 0.0910. The number of aromatic amines is 1. The number of benzene rings is 2. The monoisotopic (exact) mass is 441 g/mol. The van der Waals surface area contributed by atoms with Gasteiger partial charge in [0.1, 0.15) is 0 Å². The van der Waals surface area contributed by atoms with Crippen LogP contribution in [0.3, 0.4) is 0 Å². The van der Waals surface area contributed by atoms with E-state index in [4.69, 9.17) is 23.8 Å². The van der Waals surface area contributed by atoms with Crippen molar-refractivity contribution in [2.24, 2.45) is 5.92 Å². The van der Waals surface area contributed by atoms with E-state index < -0.39 is 0 Å². The zero-order valence-electron chi connectivity index (χ0n) is 16.8. The van der Waals surface area contributed by atoms with Gasteiger partial charge in [-0.2, -0.15) is 0 Å². The third kappa shape index (κ3) is 4.35. The molecule has 1 saturated carbocycles. The Balaban J connectivity index is 1.62. The van der Waals surface area contributed by atoms with Gasteiger partial charge in [-0.15, -0.1) is 0 Å². The normalized spacial score (nSPS) is 19.0. The molecular formula is C23H24ClN3O2S. The Morgan fingerprint density at radius 3 is 2.67 bits per heavy atom. The first-order chi connectivity index (χ1) is 14.4. The molecule has 2 N–H and O–H groups in total. The zero-order valence-corrected chi connectivity index (χ0v) is 18.4. The summed E-state index contributed by atoms with van der Waals surface area (Å²) in [5, 5.41) is 4.30. The number of carbonyl (C=O) groups excluding carboxylic acids is 1. The van der Waals surface area contributed by atoms with Crippen molar-refractivity contribution in [3.05, 3.63) is 73.7 Å². The number of hydrogen-bond donors (Lipinski definition) is 2. The van der Waals surface area contributed by atoms with E-state index in [-0.39, 0.29) is 17.5 Å². The predicted molar refractivity (Wildman–Crippen MR) is 123 cm³/mol. The minimum atomic E-state index is -0.184. The fourth-order valence-electron chi connectivity index (χ4n) is 4.09. The van der Waals surface area contributed by atoms with Gasteiger partial charge in [0.2, 0.25) is 0 Å². The fraction of sp³-hybridized carbons (Fsp3) is 0.348. The summed E-state index contributed by atoms with van der Waals surface area (Å²) in [4.78, 5) is 28.9. The predicted octanol–water partition coefficient (Wildman–Crippen LogP) is 5.07. The Labute approximate surface area is 185 Å². The van der Waals surface area contributed by atoms with Crippen molar-refractivity contribution in [1.82, 2.24) is 14.9 Å². The van der Waals surface area contributed by atoms with E-state index in [0.717, 1.165) is 24.8 Å². The molecular weight excluding hydrogens is 418 g/mol. The molecule has 0 radical (unpaired) electrons. The number of aromatic nitrogens is 2. The summed E-state index contributed by atoms with van der Waals surface area (Å²) in [5.41, 5.74) is 1.84. The van der Waals surface area contributed by atoms with Crippen molar-refractivity contribution in [2.45, 2.75) is 45.2 Å². The highest BCUT2D eigenvalue weighted by Crippen LogP contribution is 2.24. The summed E-state index contributed by atoms with van der Waals surface area (Å²) in [5.74, 6) is 0.370. The molecule has 30 heavy (non-hydrogen) atoms. The molecule has 2 aromatic carbocycles. The Hall–Kier alpha value is -2.44. The average Bonchev–Trinajstić information content (AvgIpc) is 2.73. The van der Waals surface area contributed by atoms with Crippen molar-refractivity contribution in [3.8, 4) is 0 Å². The maximum Gasteiger partial charge on any atom is 0.262 e. The van der Waals surface area contributed by atoms with E-state index >= 15 is 0 Å². The third-order valence-electron chi connectivity index (χ3n) is 5.93. The molecule has 3 aromatic rings. The van der Waals surface area contributed by atoms with Gasteiger partial charge in [0.15, 0.2) is 4.77 Å². The van der Waals surface area contributed by atoms with Crippen LogP contribution in [0.4, 0.5) is 0 Å². The Kier molecular flexibility index (Phi) is 6.06. The standard InChI is InChI=1S/C23H24ClN3O2S/c1-14-4-2-3-5-19(14)25-21(28)16-8-11-18-20(12-16)26-23(30)27(22(18)29)13-15-6-9-17(24)10-7-15/h6-12,14,19H,2-5,13H2,1H3,(H,25,28)(H,26,30)/t14-,19-/m1/s1. The van der Waals surface area contributed by atoms with Crippen LogP contribution >= 0.6 is 23.8 Å². The number of nitrogens with zero attached hydrogens (tertiary/aromatic N) is 1. The van der Waals surface area contributed by atoms with Gasteiger partial charge in [-0.05, 0) is 66.9 Å². The lowest BCUT2D eigenvalue weighted by Crippen LogP contribution is -2.41. The van der Waals surface area contributed by atoms with Crippen LogP contribution in [0, 0.1) is 10.7 Å². The van der Waals surface area contributed by atoms with Crippen LogP contribution in [0.15, 0.2) is 47.3 Å². The van der Waals surface area contributed by atoms with Gasteiger partial charge in [0.05, 0.1) is 17.4 Å². The van der Waals surface area contributed by atoms with Crippen LogP contribution in [-0.4, -0.2) is 21.5 Å². The molecule has 2 atom stereocenters. The quantitative estimate of drug-likeness (QED) is 0.555. The molecule has 1 fully saturated rings. The van der Waals surface area contributed by atoms with E-state index in [1.54, 1.807) is 30.3 Å². The molecule has 0 aliphatic heterocycles. The minimum absolute atomic E-state index is 0.111. The second-order valence-electron chi connectivity index (χ2n) is 8.05. The van der Waals surface area contributed by atoms with Gasteiger partial charge in [-0.25, -0.2) is 0 Å². The average molecular weight is 442 g/mol. The SMILES string of the molecule is C[C@@H]1CCCC[C@H]1NC(=O)c1ccc2c(=O)n(Cc3ccc(Cl)cc3)c(=S)[nH]c2c1. The number of rotatable bonds is 4.